The molecule has 1 atom stereocenters. The predicted octanol–water partition coefficient (Wildman–Crippen LogP) is 4.29. The number of nitriles is 1. The molecule has 0 fully saturated rings. The number of carbonyl (C=O) groups excluding carboxylic acids is 2. The van der Waals surface area contributed by atoms with Crippen molar-refractivity contribution >= 4 is 17.4 Å². The molecule has 2 aromatic carbocycles. The second-order valence-electron chi connectivity index (χ2n) is 6.11. The molecule has 0 aliphatic carbocycles. The summed E-state index contributed by atoms with van der Waals surface area (Å²) < 4.78 is 0. The zero-order chi connectivity index (χ0) is 18.2. The molecule has 0 aliphatic heterocycles. The van der Waals surface area contributed by atoms with Crippen molar-refractivity contribution in [2.75, 3.05) is 5.32 Å². The molecule has 2 aromatic rings. The van der Waals surface area contributed by atoms with Crippen molar-refractivity contribution in [1.29, 1.82) is 5.26 Å². The van der Waals surface area contributed by atoms with Gasteiger partial charge in [0.1, 0.15) is 5.92 Å². The number of benzene rings is 2. The maximum atomic E-state index is 12.3. The van der Waals surface area contributed by atoms with Crippen molar-refractivity contribution in [1.82, 2.24) is 0 Å². The zero-order valence-electron chi connectivity index (χ0n) is 14.6. The fourth-order valence-corrected chi connectivity index (χ4v) is 2.76. The lowest BCUT2D eigenvalue weighted by Gasteiger charge is -2.12. The number of rotatable bonds is 7. The van der Waals surface area contributed by atoms with Crippen LogP contribution in [0.15, 0.2) is 48.5 Å². The van der Waals surface area contributed by atoms with Gasteiger partial charge in [0.15, 0.2) is 5.78 Å². The number of para-hydroxylation sites is 1. The highest BCUT2D eigenvalue weighted by molar-refractivity contribution is 5.93. The molecule has 0 aliphatic rings. The third-order valence-electron chi connectivity index (χ3n) is 4.16. The van der Waals surface area contributed by atoms with Gasteiger partial charge in [-0.1, -0.05) is 48.5 Å². The van der Waals surface area contributed by atoms with Crippen LogP contribution in [0.5, 0.6) is 0 Å². The summed E-state index contributed by atoms with van der Waals surface area (Å²) in [6, 6.07) is 16.9. The van der Waals surface area contributed by atoms with E-state index in [4.69, 9.17) is 0 Å². The van der Waals surface area contributed by atoms with E-state index >= 15 is 0 Å². The monoisotopic (exact) mass is 334 g/mol. The molecule has 25 heavy (non-hydrogen) atoms. The Bertz CT molecular complexity index is 771. The fraction of sp³-hybridized carbons (Fsp3) is 0.286. The number of carbonyl (C=O) groups is 2. The minimum Gasteiger partial charge on any atom is -0.326 e. The van der Waals surface area contributed by atoms with Gasteiger partial charge in [-0.15, -0.1) is 0 Å². The van der Waals surface area contributed by atoms with Gasteiger partial charge in [-0.3, -0.25) is 9.59 Å². The molecule has 2 rings (SSSR count). The van der Waals surface area contributed by atoms with E-state index < -0.39 is 5.92 Å². The molecule has 0 heterocycles. The Morgan fingerprint density at radius 1 is 1.00 bits per heavy atom. The van der Waals surface area contributed by atoms with Gasteiger partial charge in [0.2, 0.25) is 5.91 Å². The Morgan fingerprint density at radius 2 is 1.64 bits per heavy atom. The SMILES string of the molecule is Cc1cccc(C)c1NC(=O)CCCC(=O)C(C#N)c1ccccc1. The van der Waals surface area contributed by atoms with E-state index in [0.29, 0.717) is 12.0 Å². The molecule has 4 nitrogen and oxygen atoms in total. The molecule has 0 saturated heterocycles. The smallest absolute Gasteiger partial charge is 0.224 e. The molecule has 0 bridgehead atoms. The third kappa shape index (κ3) is 5.02. The van der Waals surface area contributed by atoms with Gasteiger partial charge in [0.05, 0.1) is 6.07 Å². The second kappa shape index (κ2) is 8.79. The summed E-state index contributed by atoms with van der Waals surface area (Å²) in [5.74, 6) is -1.02. The number of anilines is 1. The van der Waals surface area contributed by atoms with Crippen molar-refractivity contribution in [3.8, 4) is 6.07 Å². The van der Waals surface area contributed by atoms with Crippen LogP contribution in [0.3, 0.4) is 0 Å². The molecule has 0 radical (unpaired) electrons. The fourth-order valence-electron chi connectivity index (χ4n) is 2.76. The second-order valence-corrected chi connectivity index (χ2v) is 6.11. The highest BCUT2D eigenvalue weighted by Gasteiger charge is 2.19. The van der Waals surface area contributed by atoms with Crippen LogP contribution in [0.4, 0.5) is 5.69 Å². The Kier molecular flexibility index (Phi) is 6.47. The summed E-state index contributed by atoms with van der Waals surface area (Å²) in [6.07, 6.45) is 0.903. The lowest BCUT2D eigenvalue weighted by Crippen LogP contribution is -2.15. The van der Waals surface area contributed by atoms with E-state index in [1.807, 2.05) is 50.2 Å². The van der Waals surface area contributed by atoms with Gasteiger partial charge in [0, 0.05) is 18.5 Å². The normalized spacial score (nSPS) is 11.4. The van der Waals surface area contributed by atoms with E-state index in [2.05, 4.69) is 11.4 Å². The third-order valence-corrected chi connectivity index (χ3v) is 4.16. The maximum Gasteiger partial charge on any atom is 0.224 e. The number of Topliss-reactive ketones (excluding diaryl/α,β-unsaturated/α-hetero) is 1. The Labute approximate surface area is 148 Å². The van der Waals surface area contributed by atoms with Gasteiger partial charge >= 0.3 is 0 Å². The summed E-state index contributed by atoms with van der Waals surface area (Å²) in [4.78, 5) is 24.4. The molecule has 0 aromatic heterocycles. The van der Waals surface area contributed by atoms with Crippen LogP contribution in [0, 0.1) is 25.2 Å². The summed E-state index contributed by atoms with van der Waals surface area (Å²) >= 11 is 0. The van der Waals surface area contributed by atoms with Crippen LogP contribution < -0.4 is 5.32 Å². The molecular weight excluding hydrogens is 312 g/mol. The molecular formula is C21H22N2O2. The summed E-state index contributed by atoms with van der Waals surface area (Å²) in [7, 11) is 0. The number of amides is 1. The standard InChI is InChI=1S/C21H22N2O2/c1-15-8-6-9-16(2)21(15)23-20(25)13-7-12-19(24)18(14-22)17-10-4-3-5-11-17/h3-6,8-11,18H,7,12-13H2,1-2H3,(H,23,25). The van der Waals surface area contributed by atoms with Gasteiger partial charge in [-0.05, 0) is 37.0 Å². The Hall–Kier alpha value is -2.93. The molecule has 1 unspecified atom stereocenters. The Balaban J connectivity index is 1.86. The molecule has 1 N–H and O–H groups in total. The lowest BCUT2D eigenvalue weighted by molar-refractivity contribution is -0.119. The first kappa shape index (κ1) is 18.4. The van der Waals surface area contributed by atoms with Crippen molar-refractivity contribution in [2.24, 2.45) is 0 Å². The van der Waals surface area contributed by atoms with Gasteiger partial charge < -0.3 is 5.32 Å². The van der Waals surface area contributed by atoms with E-state index in [1.165, 1.54) is 0 Å². The lowest BCUT2D eigenvalue weighted by atomic mass is 9.93. The minimum absolute atomic E-state index is 0.113. The van der Waals surface area contributed by atoms with Gasteiger partial charge in [-0.25, -0.2) is 0 Å². The van der Waals surface area contributed by atoms with Crippen molar-refractivity contribution < 1.29 is 9.59 Å². The molecule has 0 spiro atoms. The van der Waals surface area contributed by atoms with E-state index in [0.717, 1.165) is 16.8 Å². The maximum absolute atomic E-state index is 12.3. The number of aryl methyl sites for hydroxylation is 2. The number of hydrogen-bond donors (Lipinski definition) is 1. The van der Waals surface area contributed by atoms with Crippen LogP contribution in [0.25, 0.3) is 0 Å². The highest BCUT2D eigenvalue weighted by Crippen LogP contribution is 2.21. The summed E-state index contributed by atoms with van der Waals surface area (Å²) in [5.41, 5.74) is 3.56. The van der Waals surface area contributed by atoms with Crippen molar-refractivity contribution in [3.63, 3.8) is 0 Å². The van der Waals surface area contributed by atoms with Crippen molar-refractivity contribution in [2.45, 2.75) is 39.0 Å². The van der Waals surface area contributed by atoms with Crippen molar-refractivity contribution in [3.05, 3.63) is 65.2 Å². The predicted molar refractivity (Wildman–Crippen MR) is 98.2 cm³/mol. The number of hydrogen-bond acceptors (Lipinski definition) is 3. The van der Waals surface area contributed by atoms with E-state index in [1.54, 1.807) is 12.1 Å². The van der Waals surface area contributed by atoms with E-state index in [9.17, 15) is 14.9 Å². The van der Waals surface area contributed by atoms with Crippen LogP contribution >= 0.6 is 0 Å². The topological polar surface area (TPSA) is 70.0 Å². The first-order chi connectivity index (χ1) is 12.0. The molecule has 4 heteroatoms. The number of nitrogens with zero attached hydrogens (tertiary/aromatic N) is 1. The number of nitrogens with one attached hydrogen (secondary N) is 1. The van der Waals surface area contributed by atoms with Crippen LogP contribution in [-0.2, 0) is 9.59 Å². The zero-order valence-corrected chi connectivity index (χ0v) is 14.6. The van der Waals surface area contributed by atoms with Crippen LogP contribution in [0.2, 0.25) is 0 Å². The van der Waals surface area contributed by atoms with Crippen LogP contribution in [0.1, 0.15) is 41.9 Å². The van der Waals surface area contributed by atoms with Gasteiger partial charge in [-0.2, -0.15) is 5.26 Å². The molecule has 0 saturated carbocycles. The Morgan fingerprint density at radius 3 is 2.24 bits per heavy atom. The van der Waals surface area contributed by atoms with Crippen LogP contribution in [-0.4, -0.2) is 11.7 Å². The average molecular weight is 334 g/mol. The molecule has 1 amide bonds. The van der Waals surface area contributed by atoms with Gasteiger partial charge in [0.25, 0.3) is 0 Å². The van der Waals surface area contributed by atoms with E-state index in [-0.39, 0.29) is 24.5 Å². The average Bonchev–Trinajstić information content (AvgIpc) is 2.60. The summed E-state index contributed by atoms with van der Waals surface area (Å²) in [5, 5.41) is 12.2. The first-order valence-corrected chi connectivity index (χ1v) is 8.36. The largest absolute Gasteiger partial charge is 0.326 e. The molecule has 128 valence electrons. The minimum atomic E-state index is -0.761. The highest BCUT2D eigenvalue weighted by atomic mass is 16.1. The number of ketones is 1. The first-order valence-electron chi connectivity index (χ1n) is 8.36. The quantitative estimate of drug-likeness (QED) is 0.821. The summed E-state index contributed by atoms with van der Waals surface area (Å²) in [6.45, 7) is 3.90.